The van der Waals surface area contributed by atoms with Crippen LogP contribution in [0.1, 0.15) is 0 Å². The third kappa shape index (κ3) is 2.88. The van der Waals surface area contributed by atoms with Gasteiger partial charge < -0.3 is 14.4 Å². The average Bonchev–Trinajstić information content (AvgIpc) is 2.68. The summed E-state index contributed by atoms with van der Waals surface area (Å²) >= 11 is 3.35. The summed E-state index contributed by atoms with van der Waals surface area (Å²) in [6.45, 7) is 2.19. The molecule has 0 N–H and O–H groups in total. The largest absolute Gasteiger partial charge is 0.492 e. The molecule has 0 radical (unpaired) electrons. The summed E-state index contributed by atoms with van der Waals surface area (Å²) in [7, 11) is 0. The number of benzene rings is 1. The Labute approximate surface area is 102 Å². The maximum Gasteiger partial charge on any atom is 0.410 e. The van der Waals surface area contributed by atoms with Gasteiger partial charge in [-0.2, -0.15) is 0 Å². The van der Waals surface area contributed by atoms with E-state index in [1.165, 1.54) is 0 Å². The molecular weight excluding hydrogens is 274 g/mol. The second kappa shape index (κ2) is 5.21. The van der Waals surface area contributed by atoms with E-state index in [1.54, 1.807) is 4.90 Å². The van der Waals surface area contributed by atoms with Crippen LogP contribution in [0, 0.1) is 0 Å². The molecule has 0 unspecified atom stereocenters. The van der Waals surface area contributed by atoms with E-state index < -0.39 is 0 Å². The van der Waals surface area contributed by atoms with Gasteiger partial charge in [0.25, 0.3) is 0 Å². The molecule has 1 aliphatic rings. The van der Waals surface area contributed by atoms with Crippen LogP contribution in [0.2, 0.25) is 0 Å². The highest BCUT2D eigenvalue weighted by atomic mass is 79.9. The van der Waals surface area contributed by atoms with Gasteiger partial charge in [0.1, 0.15) is 19.0 Å². The highest BCUT2D eigenvalue weighted by Crippen LogP contribution is 2.16. The highest BCUT2D eigenvalue weighted by molar-refractivity contribution is 9.10. The van der Waals surface area contributed by atoms with E-state index in [-0.39, 0.29) is 6.09 Å². The summed E-state index contributed by atoms with van der Waals surface area (Å²) in [5, 5.41) is 0. The summed E-state index contributed by atoms with van der Waals surface area (Å²) < 4.78 is 11.3. The van der Waals surface area contributed by atoms with E-state index in [1.807, 2.05) is 24.3 Å². The molecule has 1 amide bonds. The lowest BCUT2D eigenvalue weighted by Crippen LogP contribution is -2.29. The Morgan fingerprint density at radius 3 is 2.75 bits per heavy atom. The van der Waals surface area contributed by atoms with Crippen LogP contribution in [0.5, 0.6) is 5.75 Å². The molecule has 0 aromatic heterocycles. The predicted octanol–water partition coefficient (Wildman–Crippen LogP) is 2.28. The zero-order valence-corrected chi connectivity index (χ0v) is 10.3. The second-order valence-corrected chi connectivity index (χ2v) is 4.32. The Morgan fingerprint density at radius 1 is 1.38 bits per heavy atom. The average molecular weight is 286 g/mol. The van der Waals surface area contributed by atoms with Gasteiger partial charge in [-0.1, -0.05) is 15.9 Å². The number of carbonyl (C=O) groups is 1. The molecule has 1 heterocycles. The SMILES string of the molecule is O=C1OCCN1CCOc1ccc(Br)cc1. The fourth-order valence-electron chi connectivity index (χ4n) is 1.43. The number of ether oxygens (including phenoxy) is 2. The quantitative estimate of drug-likeness (QED) is 0.852. The van der Waals surface area contributed by atoms with E-state index in [4.69, 9.17) is 9.47 Å². The van der Waals surface area contributed by atoms with E-state index in [0.717, 1.165) is 10.2 Å². The molecule has 1 aliphatic heterocycles. The third-order valence-electron chi connectivity index (χ3n) is 2.29. The van der Waals surface area contributed by atoms with E-state index in [9.17, 15) is 4.79 Å². The first kappa shape index (κ1) is 11.3. The van der Waals surface area contributed by atoms with Crippen molar-refractivity contribution in [1.82, 2.24) is 4.90 Å². The first-order valence-corrected chi connectivity index (χ1v) is 5.85. The number of hydrogen-bond donors (Lipinski definition) is 0. The summed E-state index contributed by atoms with van der Waals surface area (Å²) in [5.41, 5.74) is 0. The van der Waals surface area contributed by atoms with Crippen LogP contribution in [0.3, 0.4) is 0 Å². The number of nitrogens with zero attached hydrogens (tertiary/aromatic N) is 1. The Kier molecular flexibility index (Phi) is 3.66. The number of halogens is 1. The Balaban J connectivity index is 1.75. The number of cyclic esters (lactones) is 1. The van der Waals surface area contributed by atoms with Gasteiger partial charge in [-0.05, 0) is 24.3 Å². The molecule has 86 valence electrons. The van der Waals surface area contributed by atoms with Gasteiger partial charge in [0, 0.05) is 4.47 Å². The van der Waals surface area contributed by atoms with Crippen molar-refractivity contribution in [2.45, 2.75) is 0 Å². The Morgan fingerprint density at radius 2 is 2.12 bits per heavy atom. The number of carbonyl (C=O) groups excluding carboxylic acids is 1. The predicted molar refractivity (Wildman–Crippen MR) is 62.6 cm³/mol. The van der Waals surface area contributed by atoms with Crippen molar-refractivity contribution in [3.05, 3.63) is 28.7 Å². The molecule has 1 saturated heterocycles. The van der Waals surface area contributed by atoms with E-state index >= 15 is 0 Å². The maximum absolute atomic E-state index is 11.1. The lowest BCUT2D eigenvalue weighted by Gasteiger charge is -2.13. The minimum atomic E-state index is -0.251. The van der Waals surface area contributed by atoms with Crippen molar-refractivity contribution in [2.75, 3.05) is 26.3 Å². The van der Waals surface area contributed by atoms with Gasteiger partial charge in [0.05, 0.1) is 13.1 Å². The van der Waals surface area contributed by atoms with Crippen molar-refractivity contribution >= 4 is 22.0 Å². The van der Waals surface area contributed by atoms with Crippen LogP contribution in [0.4, 0.5) is 4.79 Å². The normalized spacial score (nSPS) is 15.1. The first-order valence-electron chi connectivity index (χ1n) is 5.06. The minimum absolute atomic E-state index is 0.251. The molecule has 1 fully saturated rings. The van der Waals surface area contributed by atoms with Crippen LogP contribution in [0.25, 0.3) is 0 Å². The lowest BCUT2D eigenvalue weighted by atomic mass is 10.3. The summed E-state index contributed by atoms with van der Waals surface area (Å²) in [4.78, 5) is 12.7. The zero-order chi connectivity index (χ0) is 11.4. The monoisotopic (exact) mass is 285 g/mol. The molecule has 0 saturated carbocycles. The molecule has 1 aromatic rings. The zero-order valence-electron chi connectivity index (χ0n) is 8.69. The Bertz CT molecular complexity index is 366. The number of hydrogen-bond acceptors (Lipinski definition) is 3. The van der Waals surface area contributed by atoms with Crippen molar-refractivity contribution in [3.8, 4) is 5.75 Å². The van der Waals surface area contributed by atoms with Gasteiger partial charge >= 0.3 is 6.09 Å². The number of rotatable bonds is 4. The smallest absolute Gasteiger partial charge is 0.410 e. The summed E-state index contributed by atoms with van der Waals surface area (Å²) in [6.07, 6.45) is -0.251. The van der Waals surface area contributed by atoms with Crippen molar-refractivity contribution in [1.29, 1.82) is 0 Å². The van der Waals surface area contributed by atoms with Crippen LogP contribution < -0.4 is 4.74 Å². The van der Waals surface area contributed by atoms with Gasteiger partial charge in [0.15, 0.2) is 0 Å². The summed E-state index contributed by atoms with van der Waals surface area (Å²) in [5.74, 6) is 0.802. The van der Waals surface area contributed by atoms with Gasteiger partial charge in [-0.25, -0.2) is 4.79 Å². The van der Waals surface area contributed by atoms with Crippen molar-refractivity contribution in [2.24, 2.45) is 0 Å². The molecule has 4 nitrogen and oxygen atoms in total. The molecule has 2 rings (SSSR count). The second-order valence-electron chi connectivity index (χ2n) is 3.40. The highest BCUT2D eigenvalue weighted by Gasteiger charge is 2.21. The van der Waals surface area contributed by atoms with E-state index in [0.29, 0.717) is 26.3 Å². The van der Waals surface area contributed by atoms with Gasteiger partial charge in [0.2, 0.25) is 0 Å². The fraction of sp³-hybridized carbons (Fsp3) is 0.364. The number of amides is 1. The first-order chi connectivity index (χ1) is 7.75. The van der Waals surface area contributed by atoms with Gasteiger partial charge in [-0.15, -0.1) is 0 Å². The topological polar surface area (TPSA) is 38.8 Å². The molecule has 1 aromatic carbocycles. The van der Waals surface area contributed by atoms with Crippen molar-refractivity contribution in [3.63, 3.8) is 0 Å². The van der Waals surface area contributed by atoms with Crippen LogP contribution >= 0.6 is 15.9 Å². The molecule has 0 spiro atoms. The molecule has 0 aliphatic carbocycles. The van der Waals surface area contributed by atoms with Crippen LogP contribution in [-0.2, 0) is 4.74 Å². The molecular formula is C11H12BrNO3. The molecule has 16 heavy (non-hydrogen) atoms. The standard InChI is InChI=1S/C11H12BrNO3/c12-9-1-3-10(4-2-9)15-7-5-13-6-8-16-11(13)14/h1-4H,5-8H2. The molecule has 0 atom stereocenters. The fourth-order valence-corrected chi connectivity index (χ4v) is 1.70. The lowest BCUT2D eigenvalue weighted by molar-refractivity contribution is 0.153. The molecule has 5 heteroatoms. The van der Waals surface area contributed by atoms with Crippen molar-refractivity contribution < 1.29 is 14.3 Å². The molecule has 0 bridgehead atoms. The summed E-state index contributed by atoms with van der Waals surface area (Å²) in [6, 6.07) is 7.59. The van der Waals surface area contributed by atoms with Crippen LogP contribution in [-0.4, -0.2) is 37.3 Å². The van der Waals surface area contributed by atoms with E-state index in [2.05, 4.69) is 15.9 Å². The third-order valence-corrected chi connectivity index (χ3v) is 2.82. The minimum Gasteiger partial charge on any atom is -0.492 e. The maximum atomic E-state index is 11.1. The Hall–Kier alpha value is -1.23. The van der Waals surface area contributed by atoms with Gasteiger partial charge in [-0.3, -0.25) is 0 Å². The van der Waals surface area contributed by atoms with Crippen LogP contribution in [0.15, 0.2) is 28.7 Å².